The molecule has 0 spiro atoms. The zero-order valence-corrected chi connectivity index (χ0v) is 9.53. The largest absolute Gasteiger partial charge is 0.398 e. The fourth-order valence-electron chi connectivity index (χ4n) is 1.69. The third-order valence-corrected chi connectivity index (χ3v) is 2.51. The lowest BCUT2D eigenvalue weighted by Gasteiger charge is -2.10. The number of aromatic nitrogens is 1. The molecule has 0 radical (unpaired) electrons. The molecule has 0 unspecified atom stereocenters. The van der Waals surface area contributed by atoms with Crippen molar-refractivity contribution in [3.63, 3.8) is 0 Å². The summed E-state index contributed by atoms with van der Waals surface area (Å²) >= 11 is 0. The van der Waals surface area contributed by atoms with Gasteiger partial charge in [0.1, 0.15) is 11.6 Å². The van der Waals surface area contributed by atoms with Gasteiger partial charge in [0.05, 0.1) is 12.0 Å². The molecule has 0 aliphatic heterocycles. The fraction of sp³-hybridized carbons (Fsp3) is 0.250. The molecule has 17 heavy (non-hydrogen) atoms. The lowest BCUT2D eigenvalue weighted by molar-refractivity contribution is 0.210. The minimum absolute atomic E-state index is 0.331. The van der Waals surface area contributed by atoms with Gasteiger partial charge in [-0.15, -0.1) is 0 Å². The van der Waals surface area contributed by atoms with Crippen molar-refractivity contribution in [3.8, 4) is 0 Å². The van der Waals surface area contributed by atoms with Gasteiger partial charge in [-0.3, -0.25) is 0 Å². The predicted octanol–water partition coefficient (Wildman–Crippen LogP) is 2.01. The number of benzene rings is 1. The first-order valence-electron chi connectivity index (χ1n) is 5.29. The van der Waals surface area contributed by atoms with Crippen LogP contribution < -0.4 is 11.1 Å². The molecular formula is C12H14FN3O. The lowest BCUT2D eigenvalue weighted by atomic mass is 10.1. The van der Waals surface area contributed by atoms with E-state index in [1.165, 1.54) is 6.07 Å². The number of anilines is 2. The molecule has 0 aliphatic carbocycles. The topological polar surface area (TPSA) is 60.2 Å². The fourth-order valence-corrected chi connectivity index (χ4v) is 1.69. The highest BCUT2D eigenvalue weighted by molar-refractivity contribution is 5.99. The highest BCUT2D eigenvalue weighted by Crippen LogP contribution is 2.28. The van der Waals surface area contributed by atoms with Crippen molar-refractivity contribution >= 4 is 22.3 Å². The Morgan fingerprint density at radius 3 is 3.00 bits per heavy atom. The van der Waals surface area contributed by atoms with Crippen LogP contribution in [0.15, 0.2) is 24.4 Å². The SMILES string of the molecule is COCCNc1nccc2c(N)ccc(F)c12. The van der Waals surface area contributed by atoms with E-state index in [1.54, 1.807) is 25.4 Å². The van der Waals surface area contributed by atoms with Crippen molar-refractivity contribution in [2.45, 2.75) is 0 Å². The van der Waals surface area contributed by atoms with Crippen LogP contribution in [0.2, 0.25) is 0 Å². The van der Waals surface area contributed by atoms with Gasteiger partial charge in [-0.1, -0.05) is 0 Å². The molecule has 0 bridgehead atoms. The maximum Gasteiger partial charge on any atom is 0.136 e. The van der Waals surface area contributed by atoms with Crippen molar-refractivity contribution in [1.29, 1.82) is 0 Å². The number of halogens is 1. The van der Waals surface area contributed by atoms with E-state index in [1.807, 2.05) is 0 Å². The summed E-state index contributed by atoms with van der Waals surface area (Å²) in [6.07, 6.45) is 1.60. The summed E-state index contributed by atoms with van der Waals surface area (Å²) in [5.41, 5.74) is 6.34. The molecule has 4 nitrogen and oxygen atoms in total. The number of nitrogens with zero attached hydrogens (tertiary/aromatic N) is 1. The van der Waals surface area contributed by atoms with Gasteiger partial charge in [-0.2, -0.15) is 0 Å². The molecule has 1 heterocycles. The van der Waals surface area contributed by atoms with Crippen LogP contribution in [0.4, 0.5) is 15.9 Å². The van der Waals surface area contributed by atoms with Gasteiger partial charge in [0, 0.05) is 30.9 Å². The Morgan fingerprint density at radius 1 is 1.41 bits per heavy atom. The first-order chi connectivity index (χ1) is 8.24. The van der Waals surface area contributed by atoms with E-state index in [4.69, 9.17) is 10.5 Å². The normalized spacial score (nSPS) is 10.7. The van der Waals surface area contributed by atoms with Crippen LogP contribution in [0.5, 0.6) is 0 Å². The van der Waals surface area contributed by atoms with Crippen LogP contribution >= 0.6 is 0 Å². The number of nitrogens with one attached hydrogen (secondary N) is 1. The second-order valence-corrected chi connectivity index (χ2v) is 3.64. The van der Waals surface area contributed by atoms with Crippen molar-refractivity contribution in [2.24, 2.45) is 0 Å². The molecule has 0 fully saturated rings. The average molecular weight is 235 g/mol. The van der Waals surface area contributed by atoms with Crippen molar-refractivity contribution < 1.29 is 9.13 Å². The monoisotopic (exact) mass is 235 g/mol. The van der Waals surface area contributed by atoms with Crippen molar-refractivity contribution in [3.05, 3.63) is 30.2 Å². The minimum atomic E-state index is -0.331. The molecule has 0 atom stereocenters. The first-order valence-corrected chi connectivity index (χ1v) is 5.29. The van der Waals surface area contributed by atoms with Crippen LogP contribution in [0.3, 0.4) is 0 Å². The second-order valence-electron chi connectivity index (χ2n) is 3.64. The number of hydrogen-bond donors (Lipinski definition) is 2. The van der Waals surface area contributed by atoms with Crippen LogP contribution in [0, 0.1) is 5.82 Å². The van der Waals surface area contributed by atoms with Gasteiger partial charge in [0.25, 0.3) is 0 Å². The summed E-state index contributed by atoms with van der Waals surface area (Å²) < 4.78 is 18.7. The number of ether oxygens (including phenoxy) is 1. The number of nitrogen functional groups attached to an aromatic ring is 1. The van der Waals surface area contributed by atoms with Gasteiger partial charge >= 0.3 is 0 Å². The third-order valence-electron chi connectivity index (χ3n) is 2.51. The lowest BCUT2D eigenvalue weighted by Crippen LogP contribution is -2.09. The van der Waals surface area contributed by atoms with E-state index in [-0.39, 0.29) is 5.82 Å². The molecule has 3 N–H and O–H groups in total. The van der Waals surface area contributed by atoms with Gasteiger partial charge in [0.2, 0.25) is 0 Å². The Morgan fingerprint density at radius 2 is 2.24 bits per heavy atom. The number of hydrogen-bond acceptors (Lipinski definition) is 4. The van der Waals surface area contributed by atoms with E-state index < -0.39 is 0 Å². The zero-order chi connectivity index (χ0) is 12.3. The summed E-state index contributed by atoms with van der Waals surface area (Å²) in [6.45, 7) is 1.10. The Bertz CT molecular complexity index is 530. The van der Waals surface area contributed by atoms with E-state index in [0.717, 1.165) is 0 Å². The summed E-state index contributed by atoms with van der Waals surface area (Å²) in [4.78, 5) is 4.12. The standard InChI is InChI=1S/C12H14FN3O/c1-17-7-6-16-12-11-8(4-5-15-12)10(14)3-2-9(11)13/h2-5H,6-7,14H2,1H3,(H,15,16). The van der Waals surface area contributed by atoms with E-state index in [2.05, 4.69) is 10.3 Å². The Kier molecular flexibility index (Phi) is 3.39. The highest BCUT2D eigenvalue weighted by atomic mass is 19.1. The Balaban J connectivity index is 2.45. The van der Waals surface area contributed by atoms with Crippen LogP contribution in [-0.4, -0.2) is 25.2 Å². The maximum absolute atomic E-state index is 13.8. The summed E-state index contributed by atoms with van der Waals surface area (Å²) in [5, 5.41) is 4.11. The molecule has 90 valence electrons. The molecule has 0 saturated carbocycles. The maximum atomic E-state index is 13.8. The predicted molar refractivity (Wildman–Crippen MR) is 66.5 cm³/mol. The van der Waals surface area contributed by atoms with E-state index in [9.17, 15) is 4.39 Å². The van der Waals surface area contributed by atoms with Crippen LogP contribution in [0.25, 0.3) is 10.8 Å². The van der Waals surface area contributed by atoms with Crippen LogP contribution in [0.1, 0.15) is 0 Å². The smallest absolute Gasteiger partial charge is 0.136 e. The minimum Gasteiger partial charge on any atom is -0.398 e. The second kappa shape index (κ2) is 4.97. The Labute approximate surface area is 98.6 Å². The summed E-state index contributed by atoms with van der Waals surface area (Å²) in [7, 11) is 1.61. The van der Waals surface area contributed by atoms with Gasteiger partial charge in [0.15, 0.2) is 0 Å². The number of methoxy groups -OCH3 is 1. The molecule has 2 rings (SSSR count). The number of pyridine rings is 1. The number of fused-ring (bicyclic) bond motifs is 1. The highest BCUT2D eigenvalue weighted by Gasteiger charge is 2.09. The van der Waals surface area contributed by atoms with Crippen molar-refractivity contribution in [2.75, 3.05) is 31.3 Å². The molecule has 1 aromatic carbocycles. The quantitative estimate of drug-likeness (QED) is 0.628. The molecule has 0 aliphatic rings. The van der Waals surface area contributed by atoms with Gasteiger partial charge in [-0.25, -0.2) is 9.37 Å². The molecule has 0 amide bonds. The molecule has 2 aromatic rings. The zero-order valence-electron chi connectivity index (χ0n) is 9.53. The van der Waals surface area contributed by atoms with E-state index >= 15 is 0 Å². The first kappa shape index (κ1) is 11.6. The molecular weight excluding hydrogens is 221 g/mol. The van der Waals surface area contributed by atoms with Gasteiger partial charge in [-0.05, 0) is 18.2 Å². The molecule has 0 saturated heterocycles. The van der Waals surface area contributed by atoms with Crippen molar-refractivity contribution in [1.82, 2.24) is 4.98 Å². The molecule has 5 heteroatoms. The van der Waals surface area contributed by atoms with Gasteiger partial charge < -0.3 is 15.8 Å². The average Bonchev–Trinajstić information content (AvgIpc) is 2.34. The Hall–Kier alpha value is -1.88. The summed E-state index contributed by atoms with van der Waals surface area (Å²) in [6, 6.07) is 4.60. The van der Waals surface area contributed by atoms with E-state index in [0.29, 0.717) is 35.4 Å². The third kappa shape index (κ3) is 2.29. The number of rotatable bonds is 4. The molecule has 1 aromatic heterocycles. The summed E-state index contributed by atoms with van der Waals surface area (Å²) in [5.74, 6) is 0.159. The van der Waals surface area contributed by atoms with Crippen LogP contribution in [-0.2, 0) is 4.74 Å². The number of nitrogens with two attached hydrogens (primary N) is 1.